The van der Waals surface area contributed by atoms with Crippen LogP contribution in [-0.2, 0) is 23.0 Å². The number of hydrogen-bond acceptors (Lipinski definition) is 2. The van der Waals surface area contributed by atoms with Crippen LogP contribution in [0.25, 0.3) is 29.0 Å². The third kappa shape index (κ3) is 4.57. The van der Waals surface area contributed by atoms with Crippen LogP contribution >= 0.6 is 0 Å². The van der Waals surface area contributed by atoms with E-state index in [2.05, 4.69) is 138 Å². The van der Waals surface area contributed by atoms with E-state index in [0.717, 1.165) is 44.3 Å². The molecule has 1 aromatic heterocycles. The minimum atomic E-state index is -0.0432. The number of allylic oxidation sites excluding steroid dienone is 6. The Labute approximate surface area is 308 Å². The predicted molar refractivity (Wildman–Crippen MR) is 210 cm³/mol. The lowest BCUT2D eigenvalue weighted by Gasteiger charge is -2.62. The third-order valence-electron chi connectivity index (χ3n) is 13.9. The van der Waals surface area contributed by atoms with Crippen molar-refractivity contribution in [3.63, 3.8) is 0 Å². The Morgan fingerprint density at radius 2 is 1.56 bits per heavy atom. The first-order valence-corrected chi connectivity index (χ1v) is 20.0. The molecule has 8 unspecified atom stereocenters. The molecular formula is C49H47NO2. The molecule has 2 aliphatic heterocycles. The summed E-state index contributed by atoms with van der Waals surface area (Å²) in [5, 5.41) is 0. The van der Waals surface area contributed by atoms with Crippen molar-refractivity contribution in [3.8, 4) is 22.6 Å². The van der Waals surface area contributed by atoms with Gasteiger partial charge in [-0.3, -0.25) is 0 Å². The molecule has 5 aliphatic carbocycles. The molecule has 3 aromatic carbocycles. The second-order valence-corrected chi connectivity index (χ2v) is 16.3. The highest BCUT2D eigenvalue weighted by Gasteiger charge is 2.64. The van der Waals surface area contributed by atoms with Gasteiger partial charge in [0.25, 0.3) is 0 Å². The fraction of sp³-hybridized carbons (Fsp3) is 0.347. The van der Waals surface area contributed by atoms with Crippen LogP contribution in [0.1, 0.15) is 73.0 Å². The van der Waals surface area contributed by atoms with Gasteiger partial charge in [0.2, 0.25) is 0 Å². The van der Waals surface area contributed by atoms with Gasteiger partial charge in [0.05, 0.1) is 5.76 Å². The number of rotatable bonds is 3. The molecular weight excluding hydrogens is 635 g/mol. The summed E-state index contributed by atoms with van der Waals surface area (Å²) in [6.07, 6.45) is 32.5. The summed E-state index contributed by atoms with van der Waals surface area (Å²) in [5.74, 6) is 4.44. The maximum absolute atomic E-state index is 7.11. The number of hydrogen-bond donors (Lipinski definition) is 0. The number of fused-ring (bicyclic) bond motifs is 11. The molecule has 3 nitrogen and oxygen atoms in total. The zero-order chi connectivity index (χ0) is 34.2. The minimum absolute atomic E-state index is 0.0432. The lowest BCUT2D eigenvalue weighted by atomic mass is 9.46. The van der Waals surface area contributed by atoms with Gasteiger partial charge in [-0.1, -0.05) is 91.0 Å². The fourth-order valence-corrected chi connectivity index (χ4v) is 11.8. The van der Waals surface area contributed by atoms with E-state index < -0.39 is 0 Å². The first-order chi connectivity index (χ1) is 25.8. The van der Waals surface area contributed by atoms with Crippen molar-refractivity contribution in [1.82, 2.24) is 4.57 Å². The van der Waals surface area contributed by atoms with E-state index in [-0.39, 0.29) is 17.6 Å². The average molecular weight is 682 g/mol. The molecule has 0 N–H and O–H groups in total. The van der Waals surface area contributed by atoms with Crippen molar-refractivity contribution in [2.75, 3.05) is 0 Å². The number of benzene rings is 3. The van der Waals surface area contributed by atoms with E-state index in [9.17, 15) is 0 Å². The van der Waals surface area contributed by atoms with E-state index in [4.69, 9.17) is 9.47 Å². The van der Waals surface area contributed by atoms with Gasteiger partial charge in [-0.25, -0.2) is 0 Å². The van der Waals surface area contributed by atoms with Crippen LogP contribution in [0.15, 0.2) is 127 Å². The van der Waals surface area contributed by atoms with Crippen molar-refractivity contribution in [2.45, 2.75) is 75.4 Å². The minimum Gasteiger partial charge on any atom is -0.490 e. The molecule has 0 bridgehead atoms. The van der Waals surface area contributed by atoms with Crippen molar-refractivity contribution < 1.29 is 9.47 Å². The van der Waals surface area contributed by atoms with Crippen molar-refractivity contribution in [3.05, 3.63) is 155 Å². The van der Waals surface area contributed by atoms with Gasteiger partial charge in [0.1, 0.15) is 18.0 Å². The van der Waals surface area contributed by atoms with Gasteiger partial charge < -0.3 is 14.0 Å². The summed E-state index contributed by atoms with van der Waals surface area (Å²) < 4.78 is 16.7. The quantitative estimate of drug-likeness (QED) is 0.201. The summed E-state index contributed by atoms with van der Waals surface area (Å²) in [7, 11) is 0. The van der Waals surface area contributed by atoms with E-state index in [1.54, 1.807) is 0 Å². The zero-order valence-corrected chi connectivity index (χ0v) is 29.9. The van der Waals surface area contributed by atoms with Gasteiger partial charge in [0.15, 0.2) is 0 Å². The monoisotopic (exact) mass is 681 g/mol. The summed E-state index contributed by atoms with van der Waals surface area (Å²) in [6, 6.07) is 29.0. The molecule has 3 heteroatoms. The van der Waals surface area contributed by atoms with E-state index in [1.807, 2.05) is 0 Å². The first-order valence-electron chi connectivity index (χ1n) is 20.0. The van der Waals surface area contributed by atoms with Crippen molar-refractivity contribution in [2.24, 2.45) is 29.6 Å². The second-order valence-electron chi connectivity index (χ2n) is 16.3. The number of aromatic nitrogens is 1. The highest BCUT2D eigenvalue weighted by molar-refractivity contribution is 5.71. The standard InChI is InChI=1S/C49H47NO2/c1-3-13-32(14-4-1)35-23-26-41-48(31-35)52-46-22-12-9-19-40(46)49(41)39-18-8-11-21-45(39)51-47-28-25-34(30-42(47)49)33-24-27-44-38(29-33)37-17-7-10-20-43(37)50(44)36-15-5-2-6-16-36/h1-7,12-17,21-28,31,33-34,39-40,42,46-47H,8-11,18-20,29-30H2. The molecule has 11 rings (SSSR count). The van der Waals surface area contributed by atoms with Crippen LogP contribution in [0.3, 0.4) is 0 Å². The summed E-state index contributed by atoms with van der Waals surface area (Å²) >= 11 is 0. The highest BCUT2D eigenvalue weighted by atomic mass is 16.5. The average Bonchev–Trinajstić information content (AvgIpc) is 3.55. The molecule has 7 aliphatic rings. The number of nitrogens with zero attached hydrogens (tertiary/aromatic N) is 1. The highest BCUT2D eigenvalue weighted by Crippen LogP contribution is 2.65. The summed E-state index contributed by atoms with van der Waals surface area (Å²) in [6.45, 7) is 0. The van der Waals surface area contributed by atoms with Gasteiger partial charge in [-0.05, 0) is 134 Å². The Morgan fingerprint density at radius 1 is 0.692 bits per heavy atom. The maximum Gasteiger partial charge on any atom is 0.124 e. The van der Waals surface area contributed by atoms with Crippen LogP contribution in [0.4, 0.5) is 0 Å². The zero-order valence-electron chi connectivity index (χ0n) is 29.9. The van der Waals surface area contributed by atoms with E-state index >= 15 is 0 Å². The number of ether oxygens (including phenoxy) is 2. The molecule has 1 spiro atoms. The van der Waals surface area contributed by atoms with Gasteiger partial charge in [-0.15, -0.1) is 0 Å². The SMILES string of the molecule is C1=Cc2c3c(n(-c4ccccc4)c2CC1)C=CC(C1C=CC2OC4=CCCCC4C4(c5ccc(-c6ccccc6)cc5OC5C=CCCC54)C2C1)C3. The summed E-state index contributed by atoms with van der Waals surface area (Å²) in [5.41, 5.74) is 11.0. The Balaban J connectivity index is 1.02. The van der Waals surface area contributed by atoms with Crippen LogP contribution in [-0.4, -0.2) is 16.8 Å². The maximum atomic E-state index is 7.11. The lowest BCUT2D eigenvalue weighted by molar-refractivity contribution is -0.110. The predicted octanol–water partition coefficient (Wildman–Crippen LogP) is 11.2. The van der Waals surface area contributed by atoms with Crippen LogP contribution in [0, 0.1) is 29.6 Å². The molecule has 0 radical (unpaired) electrons. The van der Waals surface area contributed by atoms with Crippen LogP contribution in [0.2, 0.25) is 0 Å². The Hall–Kier alpha value is -4.76. The lowest BCUT2D eigenvalue weighted by Crippen LogP contribution is -2.63. The fourth-order valence-electron chi connectivity index (χ4n) is 11.8. The Bertz CT molecular complexity index is 2180. The van der Waals surface area contributed by atoms with Crippen LogP contribution in [0.5, 0.6) is 5.75 Å². The van der Waals surface area contributed by atoms with Gasteiger partial charge >= 0.3 is 0 Å². The molecule has 1 saturated heterocycles. The molecule has 4 aromatic rings. The molecule has 0 amide bonds. The third-order valence-corrected chi connectivity index (χ3v) is 13.9. The molecule has 3 heterocycles. The topological polar surface area (TPSA) is 23.4 Å². The molecule has 52 heavy (non-hydrogen) atoms. The first kappa shape index (κ1) is 30.8. The summed E-state index contributed by atoms with van der Waals surface area (Å²) in [4.78, 5) is 0. The van der Waals surface area contributed by atoms with E-state index in [0.29, 0.717) is 29.6 Å². The Morgan fingerprint density at radius 3 is 2.46 bits per heavy atom. The van der Waals surface area contributed by atoms with Gasteiger partial charge in [0, 0.05) is 45.8 Å². The molecule has 1 fully saturated rings. The van der Waals surface area contributed by atoms with Crippen molar-refractivity contribution >= 4 is 12.2 Å². The number of para-hydroxylation sites is 1. The largest absolute Gasteiger partial charge is 0.490 e. The van der Waals surface area contributed by atoms with E-state index in [1.165, 1.54) is 69.9 Å². The van der Waals surface area contributed by atoms with Gasteiger partial charge in [-0.2, -0.15) is 0 Å². The van der Waals surface area contributed by atoms with Crippen molar-refractivity contribution in [1.29, 1.82) is 0 Å². The molecule has 260 valence electrons. The van der Waals surface area contributed by atoms with Crippen LogP contribution < -0.4 is 4.74 Å². The normalized spacial score (nSPS) is 31.9. The molecule has 8 atom stereocenters. The Kier molecular flexibility index (Phi) is 7.21. The molecule has 0 saturated carbocycles. The smallest absolute Gasteiger partial charge is 0.124 e. The second kappa shape index (κ2) is 12.2.